The first kappa shape index (κ1) is 10.8. The minimum Gasteiger partial charge on any atom is -0.320 e. The molecule has 0 aliphatic carbocycles. The maximum atomic E-state index is 5.23. The number of benzene rings is 1. The Hall–Kier alpha value is -0.290. The predicted molar refractivity (Wildman–Crippen MR) is 56.3 cm³/mol. The Bertz CT molecular complexity index is 471. The molecule has 1 radical (unpaired) electrons. The molecule has 0 saturated carbocycles. The van der Waals surface area contributed by atoms with Crippen molar-refractivity contribution in [2.75, 3.05) is 0 Å². The van der Waals surface area contributed by atoms with Gasteiger partial charge in [-0.15, -0.1) is 0 Å². The van der Waals surface area contributed by atoms with Crippen LogP contribution < -0.4 is 10.6 Å². The van der Waals surface area contributed by atoms with E-state index in [1.807, 2.05) is 23.7 Å². The molecule has 2 N–H and O–H groups in total. The summed E-state index contributed by atoms with van der Waals surface area (Å²) in [4.78, 5) is 0.844. The van der Waals surface area contributed by atoms with Gasteiger partial charge >= 0.3 is 0 Å². The average Bonchev–Trinajstić information content (AvgIpc) is 2.44. The smallest absolute Gasteiger partial charge is 0.208 e. The molecule has 1 aromatic heterocycles. The second-order valence-corrected chi connectivity index (χ2v) is 3.55. The maximum absolute atomic E-state index is 5.23. The summed E-state index contributed by atoms with van der Waals surface area (Å²) >= 11 is 1.60. The van der Waals surface area contributed by atoms with Crippen LogP contribution in [-0.2, 0) is 7.05 Å². The van der Waals surface area contributed by atoms with Crippen LogP contribution in [0.25, 0.3) is 10.2 Å². The molecule has 0 unspecified atom stereocenters. The monoisotopic (exact) mass is 202 g/mol. The van der Waals surface area contributed by atoms with E-state index in [0.717, 1.165) is 4.80 Å². The van der Waals surface area contributed by atoms with Gasteiger partial charge < -0.3 is 10.4 Å². The molecule has 2 aromatic rings. The van der Waals surface area contributed by atoms with Gasteiger partial charge in [-0.25, -0.2) is 0 Å². The van der Waals surface area contributed by atoms with Crippen molar-refractivity contribution >= 4 is 51.1 Å². The van der Waals surface area contributed by atoms with Gasteiger partial charge in [0.1, 0.15) is 0 Å². The molecular formula is C8H9N3NaS. The average molecular weight is 202 g/mol. The zero-order chi connectivity index (χ0) is 8.55. The van der Waals surface area contributed by atoms with Gasteiger partial charge in [0, 0.05) is 36.6 Å². The van der Waals surface area contributed by atoms with Crippen molar-refractivity contribution in [1.29, 1.82) is 0 Å². The van der Waals surface area contributed by atoms with Crippen molar-refractivity contribution in [2.24, 2.45) is 18.0 Å². The summed E-state index contributed by atoms with van der Waals surface area (Å²) in [6.45, 7) is 0. The van der Waals surface area contributed by atoms with Crippen LogP contribution >= 0.6 is 11.3 Å². The molecule has 3 nitrogen and oxygen atoms in total. The fourth-order valence-corrected chi connectivity index (χ4v) is 2.14. The van der Waals surface area contributed by atoms with Gasteiger partial charge in [0.25, 0.3) is 0 Å². The van der Waals surface area contributed by atoms with E-state index in [1.54, 1.807) is 11.3 Å². The Morgan fingerprint density at radius 1 is 1.38 bits per heavy atom. The van der Waals surface area contributed by atoms with Crippen LogP contribution in [0.4, 0.5) is 0 Å². The Balaban J connectivity index is 0.000000845. The summed E-state index contributed by atoms with van der Waals surface area (Å²) in [6.07, 6.45) is 0. The number of para-hydroxylation sites is 1. The van der Waals surface area contributed by atoms with Crippen LogP contribution in [0.3, 0.4) is 0 Å². The molecule has 0 fully saturated rings. The van der Waals surface area contributed by atoms with Crippen molar-refractivity contribution < 1.29 is 0 Å². The molecule has 13 heavy (non-hydrogen) atoms. The largest absolute Gasteiger partial charge is 0.320 e. The number of nitrogens with two attached hydrogens (primary N) is 1. The van der Waals surface area contributed by atoms with Gasteiger partial charge in [-0.1, -0.05) is 23.5 Å². The van der Waals surface area contributed by atoms with Crippen molar-refractivity contribution in [3.63, 3.8) is 0 Å². The number of aromatic nitrogens is 1. The van der Waals surface area contributed by atoms with Gasteiger partial charge in [-0.3, -0.25) is 0 Å². The fourth-order valence-electron chi connectivity index (χ4n) is 1.20. The first-order valence-electron chi connectivity index (χ1n) is 3.61. The molecular weight excluding hydrogens is 193 g/mol. The maximum Gasteiger partial charge on any atom is 0.208 e. The molecule has 0 atom stereocenters. The van der Waals surface area contributed by atoms with E-state index < -0.39 is 0 Å². The van der Waals surface area contributed by atoms with Crippen LogP contribution in [0, 0.1) is 0 Å². The van der Waals surface area contributed by atoms with Crippen LogP contribution in [-0.4, -0.2) is 34.1 Å². The van der Waals surface area contributed by atoms with E-state index >= 15 is 0 Å². The summed E-state index contributed by atoms with van der Waals surface area (Å²) in [5.74, 6) is 5.23. The van der Waals surface area contributed by atoms with Crippen molar-refractivity contribution in [2.45, 2.75) is 0 Å². The number of nitrogens with zero attached hydrogens (tertiary/aromatic N) is 2. The predicted octanol–water partition coefficient (Wildman–Crippen LogP) is 0.633. The Morgan fingerprint density at radius 3 is 2.69 bits per heavy atom. The summed E-state index contributed by atoms with van der Waals surface area (Å²) in [5.41, 5.74) is 1.17. The van der Waals surface area contributed by atoms with Gasteiger partial charge in [0.05, 0.1) is 10.2 Å². The van der Waals surface area contributed by atoms with Gasteiger partial charge in [-0.2, -0.15) is 5.10 Å². The van der Waals surface area contributed by atoms with Crippen molar-refractivity contribution in [1.82, 2.24) is 4.57 Å². The van der Waals surface area contributed by atoms with Crippen LogP contribution in [0.15, 0.2) is 29.4 Å². The van der Waals surface area contributed by atoms with Gasteiger partial charge in [0.15, 0.2) is 0 Å². The van der Waals surface area contributed by atoms with E-state index in [1.165, 1.54) is 10.2 Å². The topological polar surface area (TPSA) is 43.3 Å². The summed E-state index contributed by atoms with van der Waals surface area (Å²) in [7, 11) is 1.96. The molecule has 0 bridgehead atoms. The normalized spacial score (nSPS) is 11.6. The minimum atomic E-state index is 0. The van der Waals surface area contributed by atoms with Crippen LogP contribution in [0.2, 0.25) is 0 Å². The van der Waals surface area contributed by atoms with Crippen LogP contribution in [0.5, 0.6) is 0 Å². The Labute approximate surface area is 102 Å². The molecule has 0 aliphatic heterocycles. The minimum absolute atomic E-state index is 0. The quantitative estimate of drug-likeness (QED) is 0.380. The first-order chi connectivity index (χ1) is 5.83. The van der Waals surface area contributed by atoms with Gasteiger partial charge in [0.2, 0.25) is 4.80 Å². The molecule has 5 heteroatoms. The van der Waals surface area contributed by atoms with E-state index in [0.29, 0.717) is 0 Å². The third-order valence-corrected chi connectivity index (χ3v) is 2.95. The molecule has 1 heterocycles. The molecule has 2 rings (SSSR count). The van der Waals surface area contributed by atoms with E-state index in [-0.39, 0.29) is 29.6 Å². The first-order valence-corrected chi connectivity index (χ1v) is 4.43. The van der Waals surface area contributed by atoms with Crippen molar-refractivity contribution in [3.8, 4) is 0 Å². The summed E-state index contributed by atoms with van der Waals surface area (Å²) < 4.78 is 3.20. The number of fused-ring (bicyclic) bond motifs is 1. The van der Waals surface area contributed by atoms with Crippen LogP contribution in [0.1, 0.15) is 0 Å². The molecule has 0 amide bonds. The van der Waals surface area contributed by atoms with E-state index in [4.69, 9.17) is 5.84 Å². The molecule has 1 aromatic carbocycles. The number of hydrogen-bond donors (Lipinski definition) is 1. The summed E-state index contributed by atoms with van der Waals surface area (Å²) in [6, 6.07) is 8.14. The third kappa shape index (κ3) is 1.81. The van der Waals surface area contributed by atoms with E-state index in [2.05, 4.69) is 17.2 Å². The van der Waals surface area contributed by atoms with E-state index in [9.17, 15) is 0 Å². The second-order valence-electron chi connectivity index (χ2n) is 2.54. The SMILES string of the molecule is Cn1c(=NN)sc2ccccc21.[Na]. The van der Waals surface area contributed by atoms with Gasteiger partial charge in [-0.05, 0) is 12.1 Å². The standard InChI is InChI=1S/C8H9N3S.Na/c1-11-6-4-2-3-5-7(6)12-8(11)10-9;/h2-5H,9H2,1H3;. The molecule has 0 saturated heterocycles. The third-order valence-electron chi connectivity index (χ3n) is 1.83. The zero-order valence-electron chi connectivity index (χ0n) is 7.69. The summed E-state index contributed by atoms with van der Waals surface area (Å²) in [5, 5.41) is 3.69. The number of rotatable bonds is 0. The number of hydrogen-bond acceptors (Lipinski definition) is 3. The molecule has 0 spiro atoms. The molecule has 0 aliphatic rings. The second kappa shape index (κ2) is 4.28. The zero-order valence-corrected chi connectivity index (χ0v) is 10.5. The number of aryl methyl sites for hydroxylation is 1. The number of thiazole rings is 1. The van der Waals surface area contributed by atoms with Crippen molar-refractivity contribution in [3.05, 3.63) is 29.1 Å². The Kier molecular flexibility index (Phi) is 3.55. The fraction of sp³-hybridized carbons (Fsp3) is 0.125. The molecule has 63 valence electrons. The Morgan fingerprint density at radius 2 is 2.08 bits per heavy atom.